The molecule has 28 heavy (non-hydrogen) atoms. The molecule has 7 nitrogen and oxygen atoms in total. The molecule has 2 aromatic heterocycles. The van der Waals surface area contributed by atoms with Gasteiger partial charge in [-0.25, -0.2) is 9.78 Å². The topological polar surface area (TPSA) is 105 Å². The first-order valence-electron chi connectivity index (χ1n) is 9.07. The van der Waals surface area contributed by atoms with Gasteiger partial charge in [0.2, 0.25) is 0 Å². The van der Waals surface area contributed by atoms with Crippen LogP contribution in [-0.4, -0.2) is 28.5 Å². The molecule has 0 radical (unpaired) electrons. The Bertz CT molecular complexity index is 925. The summed E-state index contributed by atoms with van der Waals surface area (Å²) in [6.07, 6.45) is 6.87. The molecule has 1 aliphatic rings. The number of ether oxygens (including phenoxy) is 1. The van der Waals surface area contributed by atoms with Crippen LogP contribution < -0.4 is 5.32 Å². The van der Waals surface area contributed by atoms with Gasteiger partial charge in [0.15, 0.2) is 12.3 Å². The van der Waals surface area contributed by atoms with Gasteiger partial charge in [-0.2, -0.15) is 5.26 Å². The molecule has 1 unspecified atom stereocenters. The average Bonchev–Trinajstić information content (AvgIpc) is 3.02. The highest BCUT2D eigenvalue weighted by molar-refractivity contribution is 7.16. The van der Waals surface area contributed by atoms with E-state index in [4.69, 9.17) is 4.74 Å². The van der Waals surface area contributed by atoms with E-state index in [0.717, 1.165) is 29.7 Å². The molecule has 0 aromatic carbocycles. The van der Waals surface area contributed by atoms with Gasteiger partial charge >= 0.3 is 5.97 Å². The molecule has 1 N–H and O–H groups in total. The lowest BCUT2D eigenvalue weighted by Crippen LogP contribution is -2.26. The van der Waals surface area contributed by atoms with Crippen LogP contribution in [0.2, 0.25) is 0 Å². The number of nitrogens with zero attached hydrogens (tertiary/aromatic N) is 3. The Morgan fingerprint density at radius 3 is 2.82 bits per heavy atom. The maximum atomic E-state index is 12.2. The maximum absolute atomic E-state index is 12.2. The number of thiophene rings is 1. The van der Waals surface area contributed by atoms with Crippen LogP contribution in [0.4, 0.5) is 5.00 Å². The summed E-state index contributed by atoms with van der Waals surface area (Å²) in [6, 6.07) is 2.22. The second-order valence-electron chi connectivity index (χ2n) is 7.84. The number of hydrogen-bond acceptors (Lipinski definition) is 7. The Hall–Kier alpha value is -2.79. The van der Waals surface area contributed by atoms with Crippen molar-refractivity contribution >= 4 is 28.2 Å². The van der Waals surface area contributed by atoms with Crippen molar-refractivity contribution in [3.8, 4) is 6.07 Å². The normalized spacial score (nSPS) is 16.0. The van der Waals surface area contributed by atoms with Crippen LogP contribution in [0.3, 0.4) is 0 Å². The minimum Gasteiger partial charge on any atom is -0.451 e. The molecule has 1 aliphatic carbocycles. The minimum atomic E-state index is -0.720. The highest BCUT2D eigenvalue weighted by Crippen LogP contribution is 2.43. The van der Waals surface area contributed by atoms with Gasteiger partial charge in [0.25, 0.3) is 5.91 Å². The molecular formula is C20H22N4O3S. The SMILES string of the molecule is CC(C)(C)C1CCc2c(sc(NC(=O)COC(=O)c3cnccn3)c2C#N)C1. The van der Waals surface area contributed by atoms with Gasteiger partial charge in [-0.05, 0) is 36.2 Å². The zero-order chi connectivity index (χ0) is 20.3. The number of fused-ring (bicyclic) bond motifs is 1. The summed E-state index contributed by atoms with van der Waals surface area (Å²) in [5.41, 5.74) is 1.81. The average molecular weight is 398 g/mol. The fourth-order valence-electron chi connectivity index (χ4n) is 3.30. The van der Waals surface area contributed by atoms with E-state index < -0.39 is 18.5 Å². The van der Waals surface area contributed by atoms with Gasteiger partial charge in [-0.15, -0.1) is 11.3 Å². The number of carbonyl (C=O) groups is 2. The summed E-state index contributed by atoms with van der Waals surface area (Å²) in [5, 5.41) is 12.8. The van der Waals surface area contributed by atoms with E-state index in [1.165, 1.54) is 29.9 Å². The Morgan fingerprint density at radius 2 is 2.18 bits per heavy atom. The molecule has 0 saturated carbocycles. The first-order valence-corrected chi connectivity index (χ1v) is 9.89. The summed E-state index contributed by atoms with van der Waals surface area (Å²) < 4.78 is 4.97. The molecule has 1 atom stereocenters. The molecule has 146 valence electrons. The predicted molar refractivity (Wildman–Crippen MR) is 105 cm³/mol. The van der Waals surface area contributed by atoms with Gasteiger partial charge < -0.3 is 10.1 Å². The lowest BCUT2D eigenvalue weighted by atomic mass is 9.72. The van der Waals surface area contributed by atoms with Crippen LogP contribution in [0, 0.1) is 22.7 Å². The third kappa shape index (κ3) is 4.37. The van der Waals surface area contributed by atoms with E-state index in [0.29, 0.717) is 16.5 Å². The number of rotatable bonds is 4. The largest absolute Gasteiger partial charge is 0.451 e. The highest BCUT2D eigenvalue weighted by Gasteiger charge is 2.32. The quantitative estimate of drug-likeness (QED) is 0.792. The number of carbonyl (C=O) groups excluding carboxylic acids is 2. The van der Waals surface area contributed by atoms with Crippen LogP contribution in [0.5, 0.6) is 0 Å². The van der Waals surface area contributed by atoms with Crippen LogP contribution in [0.15, 0.2) is 18.6 Å². The fraction of sp³-hybridized carbons (Fsp3) is 0.450. The van der Waals surface area contributed by atoms with Crippen molar-refractivity contribution in [2.24, 2.45) is 11.3 Å². The summed E-state index contributed by atoms with van der Waals surface area (Å²) in [4.78, 5) is 32.9. The third-order valence-electron chi connectivity index (χ3n) is 4.96. The van der Waals surface area contributed by atoms with Crippen LogP contribution >= 0.6 is 11.3 Å². The molecule has 1 amide bonds. The number of esters is 1. The van der Waals surface area contributed by atoms with Crippen molar-refractivity contribution in [1.82, 2.24) is 9.97 Å². The number of nitriles is 1. The number of aromatic nitrogens is 2. The van der Waals surface area contributed by atoms with Gasteiger partial charge in [0.1, 0.15) is 11.1 Å². The van der Waals surface area contributed by atoms with E-state index >= 15 is 0 Å². The fourth-order valence-corrected chi connectivity index (χ4v) is 4.60. The molecule has 0 spiro atoms. The first-order chi connectivity index (χ1) is 13.3. The number of anilines is 1. The van der Waals surface area contributed by atoms with Crippen molar-refractivity contribution in [2.45, 2.75) is 40.0 Å². The highest BCUT2D eigenvalue weighted by atomic mass is 32.1. The lowest BCUT2D eigenvalue weighted by Gasteiger charge is -2.33. The Labute approximate surface area is 167 Å². The number of amides is 1. The Morgan fingerprint density at radius 1 is 1.39 bits per heavy atom. The van der Waals surface area contributed by atoms with E-state index in [9.17, 15) is 14.9 Å². The smallest absolute Gasteiger partial charge is 0.359 e. The zero-order valence-electron chi connectivity index (χ0n) is 16.1. The molecule has 0 aliphatic heterocycles. The summed E-state index contributed by atoms with van der Waals surface area (Å²) >= 11 is 1.45. The molecule has 0 bridgehead atoms. The summed E-state index contributed by atoms with van der Waals surface area (Å²) in [7, 11) is 0. The van der Waals surface area contributed by atoms with Gasteiger partial charge in [-0.1, -0.05) is 20.8 Å². The molecule has 0 saturated heterocycles. The molecular weight excluding hydrogens is 376 g/mol. The van der Waals surface area contributed by atoms with Gasteiger partial charge in [0, 0.05) is 17.3 Å². The zero-order valence-corrected chi connectivity index (χ0v) is 16.9. The first kappa shape index (κ1) is 20.0. The van der Waals surface area contributed by atoms with Crippen molar-refractivity contribution in [2.75, 3.05) is 11.9 Å². The van der Waals surface area contributed by atoms with E-state index in [1.54, 1.807) is 0 Å². The molecule has 0 fully saturated rings. The van der Waals surface area contributed by atoms with Crippen molar-refractivity contribution in [3.63, 3.8) is 0 Å². The summed E-state index contributed by atoms with van der Waals surface area (Å²) in [6.45, 7) is 6.24. The van der Waals surface area contributed by atoms with Crippen molar-refractivity contribution in [1.29, 1.82) is 5.26 Å². The maximum Gasteiger partial charge on any atom is 0.359 e. The summed E-state index contributed by atoms with van der Waals surface area (Å²) in [5.74, 6) is -0.663. The number of hydrogen-bond donors (Lipinski definition) is 1. The standard InChI is InChI=1S/C20H22N4O3S/c1-20(2,3)12-4-5-13-14(9-21)18(28-16(13)8-12)24-17(25)11-27-19(26)15-10-22-6-7-23-15/h6-7,10,12H,4-5,8,11H2,1-3H3,(H,24,25). The number of nitrogens with one attached hydrogen (secondary N) is 1. The monoisotopic (exact) mass is 398 g/mol. The lowest BCUT2D eigenvalue weighted by molar-refractivity contribution is -0.119. The van der Waals surface area contributed by atoms with Crippen molar-refractivity contribution < 1.29 is 14.3 Å². The Kier molecular flexibility index (Phi) is 5.75. The van der Waals surface area contributed by atoms with Gasteiger partial charge in [-0.3, -0.25) is 9.78 Å². The minimum absolute atomic E-state index is 0.0350. The van der Waals surface area contributed by atoms with E-state index in [-0.39, 0.29) is 11.1 Å². The van der Waals surface area contributed by atoms with Crippen LogP contribution in [0.25, 0.3) is 0 Å². The molecule has 2 heterocycles. The van der Waals surface area contributed by atoms with Crippen LogP contribution in [0.1, 0.15) is 53.7 Å². The predicted octanol–water partition coefficient (Wildman–Crippen LogP) is 3.36. The molecule has 8 heteroatoms. The van der Waals surface area contributed by atoms with E-state index in [1.807, 2.05) is 0 Å². The van der Waals surface area contributed by atoms with Crippen LogP contribution in [-0.2, 0) is 22.4 Å². The molecule has 3 rings (SSSR count). The third-order valence-corrected chi connectivity index (χ3v) is 6.13. The molecule has 2 aromatic rings. The Balaban J connectivity index is 1.66. The van der Waals surface area contributed by atoms with E-state index in [2.05, 4.69) is 42.1 Å². The second-order valence-corrected chi connectivity index (χ2v) is 8.95. The van der Waals surface area contributed by atoms with Gasteiger partial charge in [0.05, 0.1) is 11.8 Å². The van der Waals surface area contributed by atoms with Crippen molar-refractivity contribution in [3.05, 3.63) is 40.3 Å². The second kappa shape index (κ2) is 8.07.